The minimum atomic E-state index is -0.914. The molecule has 110 valence electrons. The predicted octanol–water partition coefficient (Wildman–Crippen LogP) is 2.35. The highest BCUT2D eigenvalue weighted by Gasteiger charge is 2.27. The van der Waals surface area contributed by atoms with Gasteiger partial charge in [0.15, 0.2) is 0 Å². The van der Waals surface area contributed by atoms with E-state index in [4.69, 9.17) is 33.6 Å². The Balaban J connectivity index is 2.46. The van der Waals surface area contributed by atoms with Crippen molar-refractivity contribution in [2.75, 3.05) is 13.2 Å². The highest BCUT2D eigenvalue weighted by Crippen LogP contribution is 2.12. The van der Waals surface area contributed by atoms with Gasteiger partial charge in [0.25, 0.3) is 0 Å². The highest BCUT2D eigenvalue weighted by molar-refractivity contribution is 6.80. The van der Waals surface area contributed by atoms with Crippen molar-refractivity contribution in [2.24, 2.45) is 5.73 Å². The second kappa shape index (κ2) is 7.23. The third kappa shape index (κ3) is 3.95. The first-order valence-electron chi connectivity index (χ1n) is 6.24. The van der Waals surface area contributed by atoms with E-state index in [0.29, 0.717) is 0 Å². The summed E-state index contributed by atoms with van der Waals surface area (Å²) in [6.45, 7) is -0.515. The summed E-state index contributed by atoms with van der Waals surface area (Å²) in [6, 6.07) is 8.28. The van der Waals surface area contributed by atoms with Gasteiger partial charge in [0.2, 0.25) is 0 Å². The summed E-state index contributed by atoms with van der Waals surface area (Å²) >= 11 is 11.5. The molecule has 0 saturated carbocycles. The fourth-order valence-electron chi connectivity index (χ4n) is 1.96. The van der Waals surface area contributed by atoms with Gasteiger partial charge in [-0.05, 0) is 35.2 Å². The van der Waals surface area contributed by atoms with Crippen molar-refractivity contribution in [3.63, 3.8) is 0 Å². The maximum Gasteiger partial charge on any atom is 0.367 e. The Hall–Kier alpha value is -1.14. The number of hydrogen-bond acceptors (Lipinski definition) is 2. The molecule has 0 amide bonds. The lowest BCUT2D eigenvalue weighted by molar-refractivity contribution is 0.343. The second-order valence-electron chi connectivity index (χ2n) is 4.37. The summed E-state index contributed by atoms with van der Waals surface area (Å²) in [7, 11) is 0. The molecular formula is C14H12BCl2F2NO. The van der Waals surface area contributed by atoms with Gasteiger partial charge in [0, 0.05) is 23.2 Å². The molecule has 0 bridgehead atoms. The first kappa shape index (κ1) is 16.2. The molecule has 0 saturated heterocycles. The Morgan fingerprint density at radius 2 is 1.43 bits per heavy atom. The summed E-state index contributed by atoms with van der Waals surface area (Å²) in [5.74, 6) is -1.14. The van der Waals surface area contributed by atoms with Crippen molar-refractivity contribution in [1.82, 2.24) is 0 Å². The van der Waals surface area contributed by atoms with Gasteiger partial charge in [-0.1, -0.05) is 35.3 Å². The molecule has 0 spiro atoms. The van der Waals surface area contributed by atoms with E-state index in [2.05, 4.69) is 0 Å². The van der Waals surface area contributed by atoms with Gasteiger partial charge < -0.3 is 10.4 Å². The van der Waals surface area contributed by atoms with Gasteiger partial charge >= 0.3 is 6.92 Å². The quantitative estimate of drug-likeness (QED) is 0.855. The Kier molecular flexibility index (Phi) is 5.59. The van der Waals surface area contributed by atoms with Crippen molar-refractivity contribution in [2.45, 2.75) is 0 Å². The van der Waals surface area contributed by atoms with Gasteiger partial charge in [-0.25, -0.2) is 8.78 Å². The Morgan fingerprint density at radius 3 is 1.81 bits per heavy atom. The van der Waals surface area contributed by atoms with Crippen LogP contribution >= 0.6 is 23.2 Å². The molecule has 0 atom stereocenters. The van der Waals surface area contributed by atoms with Crippen molar-refractivity contribution in [3.05, 3.63) is 58.1 Å². The maximum absolute atomic E-state index is 14.1. The van der Waals surface area contributed by atoms with Crippen LogP contribution < -0.4 is 16.7 Å². The van der Waals surface area contributed by atoms with Gasteiger partial charge in [-0.3, -0.25) is 0 Å². The fourth-order valence-corrected chi connectivity index (χ4v) is 2.28. The maximum atomic E-state index is 14.1. The number of rotatable bonds is 5. The molecule has 0 fully saturated rings. The van der Waals surface area contributed by atoms with Crippen LogP contribution in [0.1, 0.15) is 0 Å². The van der Waals surface area contributed by atoms with E-state index >= 15 is 0 Å². The van der Waals surface area contributed by atoms with Crippen LogP contribution in [0.4, 0.5) is 8.78 Å². The Labute approximate surface area is 131 Å². The second-order valence-corrected chi connectivity index (χ2v) is 5.24. The number of benzene rings is 2. The zero-order valence-corrected chi connectivity index (χ0v) is 12.5. The third-order valence-electron chi connectivity index (χ3n) is 2.89. The molecule has 0 radical (unpaired) electrons. The summed E-state index contributed by atoms with van der Waals surface area (Å²) in [5.41, 5.74) is 5.78. The van der Waals surface area contributed by atoms with E-state index in [0.717, 1.165) is 12.1 Å². The zero-order valence-electron chi connectivity index (χ0n) is 11.0. The molecule has 0 unspecified atom stereocenters. The zero-order chi connectivity index (χ0) is 15.4. The SMILES string of the molecule is NCCOB(c1ccc(Cl)cc1F)c1ccc(Cl)cc1F. The van der Waals surface area contributed by atoms with Gasteiger partial charge in [0.1, 0.15) is 11.6 Å². The fraction of sp³-hybridized carbons (Fsp3) is 0.143. The van der Waals surface area contributed by atoms with Crippen LogP contribution in [-0.2, 0) is 4.65 Å². The minimum Gasteiger partial charge on any atom is -0.425 e. The predicted molar refractivity (Wildman–Crippen MR) is 82.8 cm³/mol. The summed E-state index contributed by atoms with van der Waals surface area (Å²) < 4.78 is 33.7. The molecule has 0 aliphatic heterocycles. The van der Waals surface area contributed by atoms with E-state index in [9.17, 15) is 8.78 Å². The Bertz CT molecular complexity index is 591. The van der Waals surface area contributed by atoms with Crippen LogP contribution in [0.15, 0.2) is 36.4 Å². The van der Waals surface area contributed by atoms with Crippen molar-refractivity contribution in [3.8, 4) is 0 Å². The number of hydrogen-bond donors (Lipinski definition) is 1. The molecule has 21 heavy (non-hydrogen) atoms. The number of nitrogens with two attached hydrogens (primary N) is 1. The van der Waals surface area contributed by atoms with Crippen molar-refractivity contribution >= 4 is 41.0 Å². The third-order valence-corrected chi connectivity index (χ3v) is 3.36. The lowest BCUT2D eigenvalue weighted by Gasteiger charge is -2.16. The monoisotopic (exact) mass is 329 g/mol. The first-order valence-corrected chi connectivity index (χ1v) is 7.00. The summed E-state index contributed by atoms with van der Waals surface area (Å²) in [5, 5.41) is 0.510. The van der Waals surface area contributed by atoms with Crippen LogP contribution in [-0.4, -0.2) is 20.1 Å². The molecule has 2 N–H and O–H groups in total. The molecule has 2 aromatic rings. The first-order chi connectivity index (χ1) is 10.0. The van der Waals surface area contributed by atoms with E-state index < -0.39 is 18.6 Å². The molecule has 2 aromatic carbocycles. The molecule has 0 aromatic heterocycles. The van der Waals surface area contributed by atoms with E-state index in [1.54, 1.807) is 0 Å². The normalized spacial score (nSPS) is 10.7. The molecule has 0 aliphatic carbocycles. The lowest BCUT2D eigenvalue weighted by Crippen LogP contribution is -2.48. The van der Waals surface area contributed by atoms with Crippen LogP contribution in [0.25, 0.3) is 0 Å². The summed E-state index contributed by atoms with van der Waals surface area (Å²) in [4.78, 5) is 0. The minimum absolute atomic E-state index is 0.162. The van der Waals surface area contributed by atoms with Gasteiger partial charge in [0.05, 0.1) is 0 Å². The highest BCUT2D eigenvalue weighted by atomic mass is 35.5. The summed E-state index contributed by atoms with van der Waals surface area (Å²) in [6.07, 6.45) is 0. The lowest BCUT2D eigenvalue weighted by atomic mass is 9.55. The average molecular weight is 330 g/mol. The van der Waals surface area contributed by atoms with Crippen LogP contribution in [0.2, 0.25) is 10.0 Å². The van der Waals surface area contributed by atoms with Crippen molar-refractivity contribution < 1.29 is 13.4 Å². The van der Waals surface area contributed by atoms with Gasteiger partial charge in [-0.2, -0.15) is 0 Å². The molecule has 2 nitrogen and oxygen atoms in total. The topological polar surface area (TPSA) is 35.2 Å². The Morgan fingerprint density at radius 1 is 0.952 bits per heavy atom. The largest absolute Gasteiger partial charge is 0.425 e. The molecule has 0 aliphatic rings. The average Bonchev–Trinajstić information content (AvgIpc) is 2.42. The molecule has 2 rings (SSSR count). The van der Waals surface area contributed by atoms with E-state index in [-0.39, 0.29) is 34.1 Å². The molecule has 0 heterocycles. The van der Waals surface area contributed by atoms with E-state index in [1.165, 1.54) is 24.3 Å². The van der Waals surface area contributed by atoms with Crippen LogP contribution in [0.5, 0.6) is 0 Å². The standard InChI is InChI=1S/C14H12BCl2F2NO/c16-9-1-3-11(13(18)7-9)15(21-6-5-20)12-4-2-10(17)8-14(12)19/h1-4,7-8H,5-6,20H2. The molecule has 7 heteroatoms. The van der Waals surface area contributed by atoms with E-state index in [1.807, 2.05) is 0 Å². The van der Waals surface area contributed by atoms with Crippen LogP contribution in [0.3, 0.4) is 0 Å². The smallest absolute Gasteiger partial charge is 0.367 e. The van der Waals surface area contributed by atoms with Crippen LogP contribution in [0, 0.1) is 11.6 Å². The molecular weight excluding hydrogens is 318 g/mol. The van der Waals surface area contributed by atoms with Crippen molar-refractivity contribution in [1.29, 1.82) is 0 Å². The van der Waals surface area contributed by atoms with Gasteiger partial charge in [-0.15, -0.1) is 0 Å². The number of halogens is 4.